The summed E-state index contributed by atoms with van der Waals surface area (Å²) in [5, 5.41) is 0. The van der Waals surface area contributed by atoms with E-state index in [-0.39, 0.29) is 47.8 Å². The smallest absolute Gasteiger partial charge is 0.201 e. The van der Waals surface area contributed by atoms with E-state index in [1.165, 1.54) is 36.4 Å². The van der Waals surface area contributed by atoms with Gasteiger partial charge in [-0.3, -0.25) is 0 Å². The van der Waals surface area contributed by atoms with Crippen LogP contribution in [-0.2, 0) is 6.61 Å². The molecule has 0 radical (unpaired) electrons. The van der Waals surface area contributed by atoms with Gasteiger partial charge in [0, 0.05) is 11.1 Å². The molecule has 0 amide bonds. The minimum Gasteiger partial charge on any atom is -0.491 e. The van der Waals surface area contributed by atoms with Crippen molar-refractivity contribution in [1.82, 2.24) is 0 Å². The number of ether oxygens (including phenoxy) is 3. The van der Waals surface area contributed by atoms with Gasteiger partial charge in [-0.25, -0.2) is 13.2 Å². The topological polar surface area (TPSA) is 27.7 Å². The summed E-state index contributed by atoms with van der Waals surface area (Å²) in [6.07, 6.45) is 2.69. The lowest BCUT2D eigenvalue weighted by atomic mass is 9.82. The predicted octanol–water partition coefficient (Wildman–Crippen LogP) is 8.25. The van der Waals surface area contributed by atoms with Gasteiger partial charge in [-0.05, 0) is 80.5 Å². The second kappa shape index (κ2) is 11.8. The van der Waals surface area contributed by atoms with E-state index in [0.29, 0.717) is 18.4 Å². The van der Waals surface area contributed by atoms with E-state index in [4.69, 9.17) is 14.2 Å². The lowest BCUT2D eigenvalue weighted by molar-refractivity contribution is 0.273. The van der Waals surface area contributed by atoms with Crippen molar-refractivity contribution in [2.24, 2.45) is 0 Å². The lowest BCUT2D eigenvalue weighted by Crippen LogP contribution is -2.10. The molecule has 3 aromatic rings. The van der Waals surface area contributed by atoms with Crippen molar-refractivity contribution < 1.29 is 40.6 Å². The number of hydrogen-bond acceptors (Lipinski definition) is 3. The molecule has 0 saturated heterocycles. The van der Waals surface area contributed by atoms with Crippen molar-refractivity contribution >= 4 is 5.57 Å². The Morgan fingerprint density at radius 3 is 1.87 bits per heavy atom. The van der Waals surface area contributed by atoms with Crippen molar-refractivity contribution in [2.75, 3.05) is 13.2 Å². The highest BCUT2D eigenvalue weighted by atomic mass is 19.2. The monoisotopic (exact) mass is 536 g/mol. The first-order chi connectivity index (χ1) is 18.3. The SMILES string of the molecule is CCOc1ccc(COc2ccc(C3CC=C(c4ccc(OCC)c(F)c4F)CC3)c(F)c2F)c(F)c1F. The van der Waals surface area contributed by atoms with Crippen LogP contribution in [0.15, 0.2) is 42.5 Å². The highest BCUT2D eigenvalue weighted by Crippen LogP contribution is 2.40. The van der Waals surface area contributed by atoms with Crippen molar-refractivity contribution in [1.29, 1.82) is 0 Å². The summed E-state index contributed by atoms with van der Waals surface area (Å²) < 4.78 is 102. The van der Waals surface area contributed by atoms with Crippen LogP contribution in [-0.4, -0.2) is 13.2 Å². The first-order valence-electron chi connectivity index (χ1n) is 12.3. The van der Waals surface area contributed by atoms with Gasteiger partial charge >= 0.3 is 0 Å². The summed E-state index contributed by atoms with van der Waals surface area (Å²) in [5.41, 5.74) is 0.614. The van der Waals surface area contributed by atoms with Crippen molar-refractivity contribution in [3.8, 4) is 17.2 Å². The van der Waals surface area contributed by atoms with E-state index >= 15 is 0 Å². The fraction of sp³-hybridized carbons (Fsp3) is 0.310. The van der Waals surface area contributed by atoms with Gasteiger partial charge in [0.05, 0.1) is 13.2 Å². The molecule has 1 aliphatic rings. The minimum atomic E-state index is -1.25. The van der Waals surface area contributed by atoms with Gasteiger partial charge in [-0.15, -0.1) is 0 Å². The largest absolute Gasteiger partial charge is 0.491 e. The molecule has 9 heteroatoms. The first-order valence-corrected chi connectivity index (χ1v) is 12.3. The summed E-state index contributed by atoms with van der Waals surface area (Å²) in [6.45, 7) is 3.12. The molecule has 3 nitrogen and oxygen atoms in total. The third kappa shape index (κ3) is 5.47. The maximum atomic E-state index is 15.0. The molecule has 0 aliphatic heterocycles. The molecule has 0 heterocycles. The molecule has 0 bridgehead atoms. The van der Waals surface area contributed by atoms with Gasteiger partial charge in [-0.1, -0.05) is 12.1 Å². The van der Waals surface area contributed by atoms with Gasteiger partial charge in [0.25, 0.3) is 0 Å². The Morgan fingerprint density at radius 2 is 1.24 bits per heavy atom. The quantitative estimate of drug-likeness (QED) is 0.258. The Labute approximate surface area is 216 Å². The van der Waals surface area contributed by atoms with E-state index < -0.39 is 53.2 Å². The number of halogens is 6. The molecule has 0 N–H and O–H groups in total. The predicted molar refractivity (Wildman–Crippen MR) is 130 cm³/mol. The van der Waals surface area contributed by atoms with Gasteiger partial charge in [-0.2, -0.15) is 13.2 Å². The van der Waals surface area contributed by atoms with Crippen LogP contribution in [0.1, 0.15) is 55.7 Å². The molecular weight excluding hydrogens is 510 g/mol. The molecule has 38 heavy (non-hydrogen) atoms. The fourth-order valence-electron chi connectivity index (χ4n) is 4.49. The molecule has 1 atom stereocenters. The van der Waals surface area contributed by atoms with E-state index in [1.54, 1.807) is 19.9 Å². The summed E-state index contributed by atoms with van der Waals surface area (Å²) in [6, 6.07) is 7.91. The molecule has 0 saturated carbocycles. The van der Waals surface area contributed by atoms with Crippen LogP contribution >= 0.6 is 0 Å². The lowest BCUT2D eigenvalue weighted by Gasteiger charge is -2.24. The van der Waals surface area contributed by atoms with Crippen molar-refractivity contribution in [3.05, 3.63) is 94.1 Å². The standard InChI is InChI=1S/C29H26F6O3/c1-3-36-21-12-9-18(24(30)27(21)33)15-38-23-14-11-20(26(32)29(23)35)17-7-5-16(6-8-17)19-10-13-22(37-4-2)28(34)25(19)31/h5,9-14,17H,3-4,6-8,15H2,1-2H3. The average molecular weight is 537 g/mol. The van der Waals surface area contributed by atoms with Crippen LogP contribution in [0.3, 0.4) is 0 Å². The Bertz CT molecular complexity index is 1350. The van der Waals surface area contributed by atoms with Crippen LogP contribution in [0, 0.1) is 34.9 Å². The van der Waals surface area contributed by atoms with Crippen molar-refractivity contribution in [3.63, 3.8) is 0 Å². The zero-order chi connectivity index (χ0) is 27.4. The Balaban J connectivity index is 1.47. The average Bonchev–Trinajstić information content (AvgIpc) is 2.92. The second-order valence-corrected chi connectivity index (χ2v) is 8.73. The van der Waals surface area contributed by atoms with Gasteiger partial charge in [0.1, 0.15) is 6.61 Å². The zero-order valence-corrected chi connectivity index (χ0v) is 20.9. The maximum absolute atomic E-state index is 15.0. The number of hydrogen-bond donors (Lipinski definition) is 0. The summed E-state index contributed by atoms with van der Waals surface area (Å²) in [5.74, 6) is -8.07. The normalized spacial score (nSPS) is 15.3. The van der Waals surface area contributed by atoms with E-state index in [2.05, 4.69) is 0 Å². The van der Waals surface area contributed by atoms with Crippen LogP contribution in [0.2, 0.25) is 0 Å². The molecular formula is C29H26F6O3. The van der Waals surface area contributed by atoms with Gasteiger partial charge in [0.15, 0.2) is 34.7 Å². The van der Waals surface area contributed by atoms with Crippen LogP contribution < -0.4 is 14.2 Å². The molecule has 0 aromatic heterocycles. The van der Waals surface area contributed by atoms with Crippen LogP contribution in [0.5, 0.6) is 17.2 Å². The first kappa shape index (κ1) is 27.4. The summed E-state index contributed by atoms with van der Waals surface area (Å²) >= 11 is 0. The highest BCUT2D eigenvalue weighted by molar-refractivity contribution is 5.68. The molecule has 1 unspecified atom stereocenters. The van der Waals surface area contributed by atoms with Gasteiger partial charge in [0.2, 0.25) is 17.5 Å². The second-order valence-electron chi connectivity index (χ2n) is 8.73. The molecule has 202 valence electrons. The number of benzene rings is 3. The molecule has 4 rings (SSSR count). The Kier molecular flexibility index (Phi) is 8.54. The zero-order valence-electron chi connectivity index (χ0n) is 20.9. The van der Waals surface area contributed by atoms with E-state index in [1.807, 2.05) is 0 Å². The van der Waals surface area contributed by atoms with E-state index in [0.717, 1.165) is 0 Å². The molecule has 0 spiro atoms. The van der Waals surface area contributed by atoms with Crippen molar-refractivity contribution in [2.45, 2.75) is 45.6 Å². The van der Waals surface area contributed by atoms with Gasteiger partial charge < -0.3 is 14.2 Å². The Morgan fingerprint density at radius 1 is 0.658 bits per heavy atom. The third-order valence-corrected chi connectivity index (χ3v) is 6.43. The number of rotatable bonds is 9. The molecule has 3 aromatic carbocycles. The summed E-state index contributed by atoms with van der Waals surface area (Å²) in [4.78, 5) is 0. The Hall–Kier alpha value is -3.62. The van der Waals surface area contributed by atoms with Crippen LogP contribution in [0.25, 0.3) is 5.57 Å². The maximum Gasteiger partial charge on any atom is 0.201 e. The minimum absolute atomic E-state index is 0.109. The fourth-order valence-corrected chi connectivity index (χ4v) is 4.49. The summed E-state index contributed by atoms with van der Waals surface area (Å²) in [7, 11) is 0. The van der Waals surface area contributed by atoms with E-state index in [9.17, 15) is 26.3 Å². The third-order valence-electron chi connectivity index (χ3n) is 6.43. The highest BCUT2D eigenvalue weighted by Gasteiger charge is 2.26. The molecule has 1 aliphatic carbocycles. The number of allylic oxidation sites excluding steroid dienone is 2. The molecule has 0 fully saturated rings. The van der Waals surface area contributed by atoms with Crippen LogP contribution in [0.4, 0.5) is 26.3 Å².